The van der Waals surface area contributed by atoms with Crippen LogP contribution in [0.1, 0.15) is 60.3 Å². The van der Waals surface area contributed by atoms with Crippen LogP contribution < -0.4 is 0 Å². The molecule has 5 aliphatic rings. The van der Waals surface area contributed by atoms with Crippen molar-refractivity contribution in [2.75, 3.05) is 20.2 Å². The molecule has 3 fully saturated rings. The van der Waals surface area contributed by atoms with E-state index in [1.165, 1.54) is 12.8 Å². The SMILES string of the molecule is CO[C@]12C[C@H]3C=C[C@@H]4C[C@]3(O[C@H]4[C@H]([C@H](C)[C@H](C)O)N3CCCC3)C(C)=C1[C@@H](C)[C@@H]([C@@H](C)O)OC2=O. The highest BCUT2D eigenvalue weighted by molar-refractivity contribution is 5.86. The highest BCUT2D eigenvalue weighted by Crippen LogP contribution is 2.60. The van der Waals surface area contributed by atoms with Crippen LogP contribution in [-0.4, -0.2) is 82.9 Å². The average Bonchev–Trinajstić information content (AvgIpc) is 3.44. The molecule has 7 heteroatoms. The molecule has 0 aromatic carbocycles. The van der Waals surface area contributed by atoms with Crippen molar-refractivity contribution in [3.63, 3.8) is 0 Å². The molecule has 2 N–H and O–H groups in total. The number of hydrogen-bond acceptors (Lipinski definition) is 7. The van der Waals surface area contributed by atoms with E-state index >= 15 is 0 Å². The van der Waals surface area contributed by atoms with Gasteiger partial charge in [-0.05, 0) is 70.2 Å². The molecule has 1 spiro atoms. The Bertz CT molecular complexity index is 905. The zero-order chi connectivity index (χ0) is 25.3. The van der Waals surface area contributed by atoms with Crippen LogP contribution in [0.25, 0.3) is 0 Å². The smallest absolute Gasteiger partial charge is 0.343 e. The molecule has 35 heavy (non-hydrogen) atoms. The molecule has 0 aromatic rings. The van der Waals surface area contributed by atoms with E-state index in [-0.39, 0.29) is 35.8 Å². The number of aliphatic hydroxyl groups is 2. The van der Waals surface area contributed by atoms with Crippen LogP contribution in [0.5, 0.6) is 0 Å². The van der Waals surface area contributed by atoms with Crippen LogP contribution in [-0.2, 0) is 19.0 Å². The van der Waals surface area contributed by atoms with E-state index in [1.54, 1.807) is 14.0 Å². The van der Waals surface area contributed by atoms with Crippen molar-refractivity contribution in [1.29, 1.82) is 0 Å². The topological polar surface area (TPSA) is 88.5 Å². The minimum Gasteiger partial charge on any atom is -0.457 e. The molecule has 0 unspecified atom stereocenters. The molecule has 0 radical (unpaired) electrons. The van der Waals surface area contributed by atoms with Gasteiger partial charge in [0.25, 0.3) is 0 Å². The fourth-order valence-corrected chi connectivity index (χ4v) is 8.06. The predicted molar refractivity (Wildman–Crippen MR) is 132 cm³/mol. The van der Waals surface area contributed by atoms with Gasteiger partial charge in [0.15, 0.2) is 5.60 Å². The molecule has 3 aliphatic heterocycles. The van der Waals surface area contributed by atoms with E-state index in [2.05, 4.69) is 30.9 Å². The van der Waals surface area contributed by atoms with Gasteiger partial charge in [-0.25, -0.2) is 4.79 Å². The normalized spacial score (nSPS) is 44.5. The lowest BCUT2D eigenvalue weighted by atomic mass is 9.58. The van der Waals surface area contributed by atoms with E-state index < -0.39 is 35.5 Å². The molecule has 3 saturated heterocycles. The zero-order valence-electron chi connectivity index (χ0n) is 22.1. The summed E-state index contributed by atoms with van der Waals surface area (Å²) in [6.07, 6.45) is 6.40. The molecule has 11 atom stereocenters. The third kappa shape index (κ3) is 3.60. The Labute approximate surface area is 209 Å². The van der Waals surface area contributed by atoms with Crippen LogP contribution in [0.4, 0.5) is 0 Å². The van der Waals surface area contributed by atoms with Gasteiger partial charge in [-0.1, -0.05) is 26.0 Å². The summed E-state index contributed by atoms with van der Waals surface area (Å²) in [6.45, 7) is 11.9. The molecule has 3 heterocycles. The summed E-state index contributed by atoms with van der Waals surface area (Å²) in [4.78, 5) is 15.9. The summed E-state index contributed by atoms with van der Waals surface area (Å²) in [5, 5.41) is 21.0. The second kappa shape index (κ2) is 8.95. The number of esters is 1. The van der Waals surface area contributed by atoms with Gasteiger partial charge in [0, 0.05) is 37.3 Å². The molecular weight excluding hydrogens is 446 g/mol. The van der Waals surface area contributed by atoms with Gasteiger partial charge in [0.1, 0.15) is 6.10 Å². The number of fused-ring (bicyclic) bond motifs is 2. The van der Waals surface area contributed by atoms with Crippen LogP contribution in [0, 0.1) is 23.7 Å². The van der Waals surface area contributed by atoms with Crippen LogP contribution in [0.15, 0.2) is 23.3 Å². The molecule has 7 nitrogen and oxygen atoms in total. The number of carbonyl (C=O) groups is 1. The van der Waals surface area contributed by atoms with Gasteiger partial charge in [0.05, 0.1) is 23.9 Å². The fourth-order valence-electron chi connectivity index (χ4n) is 8.06. The van der Waals surface area contributed by atoms with Crippen molar-refractivity contribution in [1.82, 2.24) is 4.90 Å². The Hall–Kier alpha value is -1.25. The number of methoxy groups -OCH3 is 1. The summed E-state index contributed by atoms with van der Waals surface area (Å²) in [5.41, 5.74) is 0.332. The van der Waals surface area contributed by atoms with Gasteiger partial charge >= 0.3 is 5.97 Å². The van der Waals surface area contributed by atoms with E-state index in [0.717, 1.165) is 30.7 Å². The first-order valence-electron chi connectivity index (χ1n) is 13.5. The minimum absolute atomic E-state index is 0.00335. The van der Waals surface area contributed by atoms with E-state index in [9.17, 15) is 15.0 Å². The zero-order valence-corrected chi connectivity index (χ0v) is 22.1. The van der Waals surface area contributed by atoms with Crippen molar-refractivity contribution >= 4 is 5.97 Å². The Balaban J connectivity index is 1.59. The first-order chi connectivity index (χ1) is 16.6. The second-order valence-corrected chi connectivity index (χ2v) is 11.8. The number of rotatable bonds is 6. The van der Waals surface area contributed by atoms with Gasteiger partial charge in [-0.3, -0.25) is 4.90 Å². The lowest BCUT2D eigenvalue weighted by molar-refractivity contribution is -0.197. The summed E-state index contributed by atoms with van der Waals surface area (Å²) in [7, 11) is 1.59. The monoisotopic (exact) mass is 489 g/mol. The Kier molecular flexibility index (Phi) is 6.49. The Morgan fingerprint density at radius 2 is 1.80 bits per heavy atom. The molecule has 0 saturated carbocycles. The van der Waals surface area contributed by atoms with Crippen LogP contribution in [0.2, 0.25) is 0 Å². The molecule has 0 aromatic heterocycles. The first kappa shape index (κ1) is 25.4. The Morgan fingerprint density at radius 1 is 1.11 bits per heavy atom. The predicted octanol–water partition coefficient (Wildman–Crippen LogP) is 2.85. The standard InChI is InChI=1S/C28H43NO6/c1-15(18(4)30)23(29-11-7-8-12-29)25-20-9-10-21-14-28(33-6)22(17(3)27(21,13-20)35-25)16(2)24(19(5)31)34-26(28)32/h9-10,15-16,18-21,23-25,30-31H,7-8,11-14H2,1-6H3/t15-,16-,18+,19-,20-,21-,23+,24+,25-,27+,28-/m1/s1. The summed E-state index contributed by atoms with van der Waals surface area (Å²) in [5.74, 6) is -0.256. The Morgan fingerprint density at radius 3 is 2.40 bits per heavy atom. The largest absolute Gasteiger partial charge is 0.457 e. The lowest BCUT2D eigenvalue weighted by Crippen LogP contribution is -2.62. The highest BCUT2D eigenvalue weighted by Gasteiger charge is 2.66. The maximum Gasteiger partial charge on any atom is 0.343 e. The summed E-state index contributed by atoms with van der Waals surface area (Å²) < 4.78 is 19.0. The van der Waals surface area contributed by atoms with Crippen molar-refractivity contribution in [2.24, 2.45) is 23.7 Å². The third-order valence-electron chi connectivity index (χ3n) is 10.0. The van der Waals surface area contributed by atoms with Crippen molar-refractivity contribution in [3.8, 4) is 0 Å². The second-order valence-electron chi connectivity index (χ2n) is 11.8. The number of carbonyl (C=O) groups excluding carboxylic acids is 1. The molecule has 2 bridgehead atoms. The number of aliphatic hydroxyl groups excluding tert-OH is 2. The van der Waals surface area contributed by atoms with Gasteiger partial charge in [-0.2, -0.15) is 0 Å². The summed E-state index contributed by atoms with van der Waals surface area (Å²) >= 11 is 0. The maximum absolute atomic E-state index is 13.4. The average molecular weight is 490 g/mol. The van der Waals surface area contributed by atoms with E-state index in [1.807, 2.05) is 13.8 Å². The quantitative estimate of drug-likeness (QED) is 0.438. The first-order valence-corrected chi connectivity index (χ1v) is 13.5. The van der Waals surface area contributed by atoms with Gasteiger partial charge in [0.2, 0.25) is 0 Å². The molecule has 0 amide bonds. The van der Waals surface area contributed by atoms with Gasteiger partial charge < -0.3 is 24.4 Å². The van der Waals surface area contributed by atoms with Crippen molar-refractivity contribution in [3.05, 3.63) is 23.3 Å². The number of cyclic esters (lactones) is 1. The number of ether oxygens (including phenoxy) is 3. The molecular formula is C28H43NO6. The van der Waals surface area contributed by atoms with Crippen LogP contribution >= 0.6 is 0 Å². The molecule has 196 valence electrons. The van der Waals surface area contributed by atoms with Crippen molar-refractivity contribution in [2.45, 2.75) is 102 Å². The number of likely N-dealkylation sites (tertiary alicyclic amines) is 1. The lowest BCUT2D eigenvalue weighted by Gasteiger charge is -2.54. The fraction of sp³-hybridized carbons (Fsp3) is 0.821. The van der Waals surface area contributed by atoms with Crippen LogP contribution in [0.3, 0.4) is 0 Å². The number of hydrogen-bond donors (Lipinski definition) is 2. The number of nitrogens with zero attached hydrogens (tertiary/aromatic N) is 1. The molecule has 2 aliphatic carbocycles. The highest BCUT2D eigenvalue weighted by atomic mass is 16.6. The summed E-state index contributed by atoms with van der Waals surface area (Å²) in [6, 6.07) is 0.135. The maximum atomic E-state index is 13.4. The van der Waals surface area contributed by atoms with Gasteiger partial charge in [-0.15, -0.1) is 0 Å². The van der Waals surface area contributed by atoms with Crippen molar-refractivity contribution < 1.29 is 29.2 Å². The third-order valence-corrected chi connectivity index (χ3v) is 10.0. The molecule has 5 rings (SSSR count). The van der Waals surface area contributed by atoms with E-state index in [4.69, 9.17) is 14.2 Å². The van der Waals surface area contributed by atoms with E-state index in [0.29, 0.717) is 6.42 Å². The minimum atomic E-state index is -1.15.